The van der Waals surface area contributed by atoms with Gasteiger partial charge in [-0.25, -0.2) is 4.98 Å². The molecule has 6 heteroatoms. The van der Waals surface area contributed by atoms with E-state index in [2.05, 4.69) is 15.1 Å². The third-order valence-corrected chi connectivity index (χ3v) is 3.54. The van der Waals surface area contributed by atoms with Crippen LogP contribution >= 0.6 is 0 Å². The highest BCUT2D eigenvalue weighted by Gasteiger charge is 2.27. The molecular weight excluding hydrogens is 244 g/mol. The van der Waals surface area contributed by atoms with E-state index < -0.39 is 0 Å². The SMILES string of the molecule is Cc1cc(C(=O)N2CCC(c3ncc[nH]3)CC2)no1. The fourth-order valence-electron chi connectivity index (χ4n) is 2.49. The highest BCUT2D eigenvalue weighted by Crippen LogP contribution is 2.26. The molecule has 2 aromatic heterocycles. The van der Waals surface area contributed by atoms with E-state index in [0.29, 0.717) is 17.4 Å². The smallest absolute Gasteiger partial charge is 0.276 e. The van der Waals surface area contributed by atoms with Crippen LogP contribution in [0.25, 0.3) is 0 Å². The van der Waals surface area contributed by atoms with E-state index in [1.54, 1.807) is 19.2 Å². The lowest BCUT2D eigenvalue weighted by Crippen LogP contribution is -2.38. The highest BCUT2D eigenvalue weighted by molar-refractivity contribution is 5.92. The number of carbonyl (C=O) groups is 1. The number of carbonyl (C=O) groups excluding carboxylic acids is 1. The average molecular weight is 260 g/mol. The first-order chi connectivity index (χ1) is 9.24. The molecule has 0 unspecified atom stereocenters. The third kappa shape index (κ3) is 2.38. The summed E-state index contributed by atoms with van der Waals surface area (Å²) in [6.45, 7) is 3.25. The Bertz CT molecular complexity index is 553. The molecule has 1 aliphatic rings. The number of likely N-dealkylation sites (tertiary alicyclic amines) is 1. The van der Waals surface area contributed by atoms with Crippen LogP contribution in [0.1, 0.15) is 40.8 Å². The Morgan fingerprint density at radius 2 is 2.26 bits per heavy atom. The van der Waals surface area contributed by atoms with Crippen molar-refractivity contribution in [3.8, 4) is 0 Å². The number of aromatic amines is 1. The number of hydrogen-bond donors (Lipinski definition) is 1. The van der Waals surface area contributed by atoms with Gasteiger partial charge in [0.25, 0.3) is 5.91 Å². The quantitative estimate of drug-likeness (QED) is 0.892. The van der Waals surface area contributed by atoms with Gasteiger partial charge in [0.2, 0.25) is 0 Å². The zero-order chi connectivity index (χ0) is 13.2. The average Bonchev–Trinajstić information content (AvgIpc) is 3.09. The number of aryl methyl sites for hydroxylation is 1. The molecule has 0 aliphatic carbocycles. The van der Waals surface area contributed by atoms with E-state index >= 15 is 0 Å². The Morgan fingerprint density at radius 3 is 2.84 bits per heavy atom. The topological polar surface area (TPSA) is 75.0 Å². The highest BCUT2D eigenvalue weighted by atomic mass is 16.5. The maximum absolute atomic E-state index is 12.2. The number of nitrogens with zero attached hydrogens (tertiary/aromatic N) is 3. The number of imidazole rings is 1. The minimum absolute atomic E-state index is 0.0465. The summed E-state index contributed by atoms with van der Waals surface area (Å²) in [5.41, 5.74) is 0.397. The van der Waals surface area contributed by atoms with Crippen LogP contribution in [0.2, 0.25) is 0 Å². The monoisotopic (exact) mass is 260 g/mol. The van der Waals surface area contributed by atoms with Gasteiger partial charge in [-0.15, -0.1) is 0 Å². The Balaban J connectivity index is 1.62. The van der Waals surface area contributed by atoms with Crippen molar-refractivity contribution >= 4 is 5.91 Å². The molecule has 0 bridgehead atoms. The normalized spacial score (nSPS) is 16.8. The minimum Gasteiger partial charge on any atom is -0.361 e. The Labute approximate surface area is 110 Å². The van der Waals surface area contributed by atoms with Crippen molar-refractivity contribution in [3.63, 3.8) is 0 Å². The minimum atomic E-state index is -0.0465. The first-order valence-corrected chi connectivity index (χ1v) is 6.46. The summed E-state index contributed by atoms with van der Waals surface area (Å²) in [6.07, 6.45) is 5.46. The van der Waals surface area contributed by atoms with Gasteiger partial charge in [0, 0.05) is 37.5 Å². The van der Waals surface area contributed by atoms with Crippen molar-refractivity contribution in [1.29, 1.82) is 0 Å². The van der Waals surface area contributed by atoms with Crippen molar-refractivity contribution in [3.05, 3.63) is 35.7 Å². The lowest BCUT2D eigenvalue weighted by Gasteiger charge is -2.30. The molecule has 1 amide bonds. The van der Waals surface area contributed by atoms with Gasteiger partial charge in [0.15, 0.2) is 5.69 Å². The molecule has 6 nitrogen and oxygen atoms in total. The number of hydrogen-bond acceptors (Lipinski definition) is 4. The molecule has 100 valence electrons. The van der Waals surface area contributed by atoms with Crippen LogP contribution in [0, 0.1) is 6.92 Å². The number of H-pyrrole nitrogens is 1. The summed E-state index contributed by atoms with van der Waals surface area (Å²) in [5, 5.41) is 3.78. The second-order valence-electron chi connectivity index (χ2n) is 4.86. The van der Waals surface area contributed by atoms with Crippen molar-refractivity contribution < 1.29 is 9.32 Å². The number of rotatable bonds is 2. The lowest BCUT2D eigenvalue weighted by molar-refractivity contribution is 0.0700. The zero-order valence-corrected chi connectivity index (χ0v) is 10.8. The molecule has 19 heavy (non-hydrogen) atoms. The summed E-state index contributed by atoms with van der Waals surface area (Å²) in [4.78, 5) is 21.4. The molecule has 3 rings (SSSR count). The fraction of sp³-hybridized carbons (Fsp3) is 0.462. The molecule has 3 heterocycles. The molecule has 1 N–H and O–H groups in total. The van der Waals surface area contributed by atoms with E-state index in [0.717, 1.165) is 31.8 Å². The van der Waals surface area contributed by atoms with Crippen LogP contribution in [0.3, 0.4) is 0 Å². The van der Waals surface area contributed by atoms with Crippen LogP contribution in [-0.4, -0.2) is 39.0 Å². The molecule has 1 aliphatic heterocycles. The molecule has 0 saturated carbocycles. The largest absolute Gasteiger partial charge is 0.361 e. The number of piperidine rings is 1. The summed E-state index contributed by atoms with van der Waals surface area (Å²) in [5.74, 6) is 2.05. The molecular formula is C13H16N4O2. The van der Waals surface area contributed by atoms with Gasteiger partial charge >= 0.3 is 0 Å². The van der Waals surface area contributed by atoms with E-state index in [4.69, 9.17) is 4.52 Å². The molecule has 0 spiro atoms. The first-order valence-electron chi connectivity index (χ1n) is 6.46. The van der Waals surface area contributed by atoms with Crippen molar-refractivity contribution in [1.82, 2.24) is 20.0 Å². The molecule has 0 aromatic carbocycles. The molecule has 1 saturated heterocycles. The standard InChI is InChI=1S/C13H16N4O2/c1-9-8-11(16-19-9)13(18)17-6-2-10(3-7-17)12-14-4-5-15-12/h4-5,8,10H,2-3,6-7H2,1H3,(H,14,15). The van der Waals surface area contributed by atoms with Crippen molar-refractivity contribution in [2.45, 2.75) is 25.7 Å². The molecule has 1 fully saturated rings. The molecule has 0 atom stereocenters. The number of nitrogens with one attached hydrogen (secondary N) is 1. The summed E-state index contributed by atoms with van der Waals surface area (Å²) >= 11 is 0. The summed E-state index contributed by atoms with van der Waals surface area (Å²) < 4.78 is 4.94. The van der Waals surface area contributed by atoms with Crippen LogP contribution in [0.15, 0.2) is 23.0 Å². The maximum atomic E-state index is 12.2. The van der Waals surface area contributed by atoms with Gasteiger partial charge in [-0.05, 0) is 19.8 Å². The van der Waals surface area contributed by atoms with Gasteiger partial charge in [-0.2, -0.15) is 0 Å². The van der Waals surface area contributed by atoms with Gasteiger partial charge in [-0.3, -0.25) is 4.79 Å². The van der Waals surface area contributed by atoms with Crippen LogP contribution in [0.5, 0.6) is 0 Å². The summed E-state index contributed by atoms with van der Waals surface area (Å²) in [6, 6.07) is 1.68. The number of amides is 1. The van der Waals surface area contributed by atoms with Gasteiger partial charge < -0.3 is 14.4 Å². The van der Waals surface area contributed by atoms with Crippen LogP contribution < -0.4 is 0 Å². The van der Waals surface area contributed by atoms with E-state index in [-0.39, 0.29) is 5.91 Å². The Morgan fingerprint density at radius 1 is 1.47 bits per heavy atom. The Kier molecular flexibility index (Phi) is 3.06. The van der Waals surface area contributed by atoms with E-state index in [1.807, 2.05) is 11.1 Å². The third-order valence-electron chi connectivity index (χ3n) is 3.54. The summed E-state index contributed by atoms with van der Waals surface area (Å²) in [7, 11) is 0. The van der Waals surface area contributed by atoms with Crippen molar-refractivity contribution in [2.75, 3.05) is 13.1 Å². The predicted octanol–water partition coefficient (Wildman–Crippen LogP) is 1.73. The predicted molar refractivity (Wildman–Crippen MR) is 67.7 cm³/mol. The second-order valence-corrected chi connectivity index (χ2v) is 4.86. The second kappa shape index (κ2) is 4.87. The van der Waals surface area contributed by atoms with E-state index in [9.17, 15) is 4.79 Å². The van der Waals surface area contributed by atoms with Gasteiger partial charge in [0.1, 0.15) is 11.6 Å². The fourth-order valence-corrected chi connectivity index (χ4v) is 2.49. The van der Waals surface area contributed by atoms with Crippen LogP contribution in [-0.2, 0) is 0 Å². The van der Waals surface area contributed by atoms with E-state index in [1.165, 1.54) is 0 Å². The zero-order valence-electron chi connectivity index (χ0n) is 10.8. The lowest BCUT2D eigenvalue weighted by atomic mass is 9.96. The maximum Gasteiger partial charge on any atom is 0.276 e. The first kappa shape index (κ1) is 12.0. The van der Waals surface area contributed by atoms with Gasteiger partial charge in [-0.1, -0.05) is 5.16 Å². The van der Waals surface area contributed by atoms with Gasteiger partial charge in [0.05, 0.1) is 0 Å². The molecule has 2 aromatic rings. The number of aromatic nitrogens is 3. The van der Waals surface area contributed by atoms with Crippen LogP contribution in [0.4, 0.5) is 0 Å². The van der Waals surface area contributed by atoms with Crippen molar-refractivity contribution in [2.24, 2.45) is 0 Å². The molecule has 0 radical (unpaired) electrons. The Hall–Kier alpha value is -2.11.